The van der Waals surface area contributed by atoms with Gasteiger partial charge in [0.1, 0.15) is 5.76 Å². The van der Waals surface area contributed by atoms with Gasteiger partial charge in [0, 0.05) is 23.9 Å². The average Bonchev–Trinajstić information content (AvgIpc) is 3.12. The van der Waals surface area contributed by atoms with Crippen molar-refractivity contribution in [3.8, 4) is 0 Å². The Balaban J connectivity index is 1.50. The van der Waals surface area contributed by atoms with Gasteiger partial charge in [0.25, 0.3) is 5.91 Å². The van der Waals surface area contributed by atoms with E-state index in [1.165, 1.54) is 6.42 Å². The fourth-order valence-corrected chi connectivity index (χ4v) is 3.27. The van der Waals surface area contributed by atoms with E-state index in [4.69, 9.17) is 4.52 Å². The normalized spacial score (nSPS) is 14.8. The number of carbonyl (C=O) groups excluding carboxylic acids is 2. The molecule has 2 amide bonds. The second kappa shape index (κ2) is 9.50. The van der Waals surface area contributed by atoms with E-state index in [2.05, 4.69) is 34.5 Å². The summed E-state index contributed by atoms with van der Waals surface area (Å²) in [6.07, 6.45) is 4.31. The molecule has 2 heterocycles. The summed E-state index contributed by atoms with van der Waals surface area (Å²) in [5, 5.41) is 9.52. The third-order valence-corrected chi connectivity index (χ3v) is 4.64. The fraction of sp³-hybridized carbons (Fsp3) is 0.476. The molecule has 2 N–H and O–H groups in total. The first kappa shape index (κ1) is 20.1. The van der Waals surface area contributed by atoms with Crippen LogP contribution in [0.15, 0.2) is 34.9 Å². The minimum atomic E-state index is -0.319. The Kier molecular flexibility index (Phi) is 6.81. The minimum absolute atomic E-state index is 0.0148. The van der Waals surface area contributed by atoms with Crippen LogP contribution in [0, 0.1) is 5.92 Å². The number of piperidine rings is 1. The largest absolute Gasteiger partial charge is 0.361 e. The van der Waals surface area contributed by atoms with Gasteiger partial charge in [0.05, 0.1) is 6.54 Å². The van der Waals surface area contributed by atoms with Crippen molar-refractivity contribution in [3.05, 3.63) is 41.8 Å². The number of nitrogens with zero attached hydrogens (tertiary/aromatic N) is 2. The maximum absolute atomic E-state index is 12.3. The predicted molar refractivity (Wildman–Crippen MR) is 108 cm³/mol. The minimum Gasteiger partial charge on any atom is -0.361 e. The van der Waals surface area contributed by atoms with Crippen molar-refractivity contribution in [3.63, 3.8) is 0 Å². The molecule has 7 nitrogen and oxygen atoms in total. The van der Waals surface area contributed by atoms with Crippen LogP contribution in [0.3, 0.4) is 0 Å². The van der Waals surface area contributed by atoms with Crippen molar-refractivity contribution in [2.24, 2.45) is 5.92 Å². The van der Waals surface area contributed by atoms with Gasteiger partial charge in [-0.15, -0.1) is 0 Å². The van der Waals surface area contributed by atoms with Crippen molar-refractivity contribution in [1.29, 1.82) is 0 Å². The Morgan fingerprint density at radius 2 is 1.71 bits per heavy atom. The van der Waals surface area contributed by atoms with Crippen LogP contribution in [0.5, 0.6) is 0 Å². The standard InChI is InChI=1S/C21H28N4O3/c1-15(2)12-18-13-19(24-28-18)21(27)23-17-8-6-16(7-9-17)22-20(26)14-25-10-4-3-5-11-25/h6-9,13,15H,3-5,10-12,14H2,1-2H3,(H,22,26)(H,23,27). The number of hydrogen-bond acceptors (Lipinski definition) is 5. The lowest BCUT2D eigenvalue weighted by molar-refractivity contribution is -0.117. The van der Waals surface area contributed by atoms with E-state index in [0.717, 1.165) is 32.4 Å². The third-order valence-electron chi connectivity index (χ3n) is 4.64. The summed E-state index contributed by atoms with van der Waals surface area (Å²) in [5.41, 5.74) is 1.60. The molecule has 1 fully saturated rings. The number of nitrogens with one attached hydrogen (secondary N) is 2. The maximum Gasteiger partial charge on any atom is 0.277 e. The van der Waals surface area contributed by atoms with E-state index in [-0.39, 0.29) is 17.5 Å². The predicted octanol–water partition coefficient (Wildman–Crippen LogP) is 3.55. The highest BCUT2D eigenvalue weighted by atomic mass is 16.5. The number of aromatic nitrogens is 1. The van der Waals surface area contributed by atoms with Gasteiger partial charge < -0.3 is 15.2 Å². The number of carbonyl (C=O) groups is 2. The van der Waals surface area contributed by atoms with Gasteiger partial charge in [0.15, 0.2) is 5.69 Å². The monoisotopic (exact) mass is 384 g/mol. The molecule has 2 aromatic rings. The Labute approximate surface area is 165 Å². The lowest BCUT2D eigenvalue weighted by atomic mass is 10.1. The summed E-state index contributed by atoms with van der Waals surface area (Å²) in [6, 6.07) is 8.73. The number of hydrogen-bond donors (Lipinski definition) is 2. The van der Waals surface area contributed by atoms with E-state index in [9.17, 15) is 9.59 Å². The smallest absolute Gasteiger partial charge is 0.277 e. The summed E-state index contributed by atoms with van der Waals surface area (Å²) in [6.45, 7) is 6.55. The van der Waals surface area contributed by atoms with Gasteiger partial charge in [-0.25, -0.2) is 0 Å². The molecule has 1 aliphatic rings. The van der Waals surface area contributed by atoms with E-state index in [1.807, 2.05) is 0 Å². The number of likely N-dealkylation sites (tertiary alicyclic amines) is 1. The summed E-state index contributed by atoms with van der Waals surface area (Å²) in [4.78, 5) is 26.6. The molecule has 0 bridgehead atoms. The van der Waals surface area contributed by atoms with Crippen molar-refractivity contribution in [2.45, 2.75) is 39.5 Å². The number of rotatable bonds is 7. The number of amides is 2. The molecule has 7 heteroatoms. The molecular formula is C21H28N4O3. The first-order chi connectivity index (χ1) is 13.5. The van der Waals surface area contributed by atoms with Crippen molar-refractivity contribution < 1.29 is 14.1 Å². The summed E-state index contributed by atoms with van der Waals surface area (Å²) in [7, 11) is 0. The maximum atomic E-state index is 12.3. The van der Waals surface area contributed by atoms with Crippen LogP contribution in [0.4, 0.5) is 11.4 Å². The van der Waals surface area contributed by atoms with E-state index < -0.39 is 0 Å². The van der Waals surface area contributed by atoms with Crippen LogP contribution >= 0.6 is 0 Å². The Morgan fingerprint density at radius 1 is 1.07 bits per heavy atom. The van der Waals surface area contributed by atoms with Gasteiger partial charge >= 0.3 is 0 Å². The topological polar surface area (TPSA) is 87.5 Å². The molecule has 0 radical (unpaired) electrons. The summed E-state index contributed by atoms with van der Waals surface area (Å²) >= 11 is 0. The van der Waals surface area contributed by atoms with Crippen LogP contribution in [0.1, 0.15) is 49.4 Å². The molecule has 1 aromatic carbocycles. The summed E-state index contributed by atoms with van der Waals surface area (Å²) < 4.78 is 5.20. The molecular weight excluding hydrogens is 356 g/mol. The molecule has 0 unspecified atom stereocenters. The fourth-order valence-electron chi connectivity index (χ4n) is 3.27. The second-order valence-corrected chi connectivity index (χ2v) is 7.69. The van der Waals surface area contributed by atoms with Gasteiger partial charge in [-0.3, -0.25) is 14.5 Å². The van der Waals surface area contributed by atoms with Crippen molar-refractivity contribution >= 4 is 23.2 Å². The second-order valence-electron chi connectivity index (χ2n) is 7.69. The zero-order chi connectivity index (χ0) is 19.9. The van der Waals surface area contributed by atoms with E-state index in [1.54, 1.807) is 30.3 Å². The van der Waals surface area contributed by atoms with Gasteiger partial charge in [-0.2, -0.15) is 0 Å². The lowest BCUT2D eigenvalue weighted by Crippen LogP contribution is -2.36. The SMILES string of the molecule is CC(C)Cc1cc(C(=O)Nc2ccc(NC(=O)CN3CCCCC3)cc2)no1. The first-order valence-electron chi connectivity index (χ1n) is 9.89. The Bertz CT molecular complexity index is 792. The van der Waals surface area contributed by atoms with Crippen LogP contribution < -0.4 is 10.6 Å². The van der Waals surface area contributed by atoms with Crippen molar-refractivity contribution in [2.75, 3.05) is 30.3 Å². The Hall–Kier alpha value is -2.67. The molecule has 28 heavy (non-hydrogen) atoms. The van der Waals surface area contributed by atoms with Crippen LogP contribution in [0.2, 0.25) is 0 Å². The molecule has 1 saturated heterocycles. The number of anilines is 2. The van der Waals surface area contributed by atoms with E-state index in [0.29, 0.717) is 29.6 Å². The Morgan fingerprint density at radius 3 is 2.36 bits per heavy atom. The number of benzene rings is 1. The molecule has 0 atom stereocenters. The average molecular weight is 384 g/mol. The van der Waals surface area contributed by atoms with Crippen LogP contribution in [-0.4, -0.2) is 41.5 Å². The molecule has 150 valence electrons. The quantitative estimate of drug-likeness (QED) is 0.762. The molecule has 0 aliphatic carbocycles. The van der Waals surface area contributed by atoms with Crippen LogP contribution in [-0.2, 0) is 11.2 Å². The zero-order valence-corrected chi connectivity index (χ0v) is 16.5. The van der Waals surface area contributed by atoms with E-state index >= 15 is 0 Å². The summed E-state index contributed by atoms with van der Waals surface area (Å²) in [5.74, 6) is 0.799. The molecule has 1 aromatic heterocycles. The zero-order valence-electron chi connectivity index (χ0n) is 16.5. The molecule has 0 spiro atoms. The van der Waals surface area contributed by atoms with Gasteiger partial charge in [-0.05, 0) is 56.1 Å². The highest BCUT2D eigenvalue weighted by Gasteiger charge is 2.15. The first-order valence-corrected chi connectivity index (χ1v) is 9.89. The van der Waals surface area contributed by atoms with Gasteiger partial charge in [-0.1, -0.05) is 25.4 Å². The van der Waals surface area contributed by atoms with Crippen molar-refractivity contribution in [1.82, 2.24) is 10.1 Å². The molecule has 3 rings (SSSR count). The van der Waals surface area contributed by atoms with Gasteiger partial charge in [0.2, 0.25) is 5.91 Å². The highest BCUT2D eigenvalue weighted by molar-refractivity contribution is 6.03. The third kappa shape index (κ3) is 5.92. The molecule has 1 aliphatic heterocycles. The molecule has 0 saturated carbocycles. The highest BCUT2D eigenvalue weighted by Crippen LogP contribution is 2.16. The lowest BCUT2D eigenvalue weighted by Gasteiger charge is -2.25. The van der Waals surface area contributed by atoms with Crippen LogP contribution in [0.25, 0.3) is 0 Å².